The minimum absolute atomic E-state index is 0.208. The Morgan fingerprint density at radius 1 is 1.39 bits per heavy atom. The molecule has 0 saturated carbocycles. The Balaban J connectivity index is 2.93. The number of hydrogen-bond acceptors (Lipinski definition) is 4. The Kier molecular flexibility index (Phi) is 5.37. The number of anilines is 1. The predicted octanol–water partition coefficient (Wildman–Crippen LogP) is 2.00. The van der Waals surface area contributed by atoms with Crippen LogP contribution >= 0.6 is 0 Å². The molecule has 0 bridgehead atoms. The van der Waals surface area contributed by atoms with Gasteiger partial charge in [0.15, 0.2) is 11.6 Å². The van der Waals surface area contributed by atoms with Crippen LogP contribution in [0.25, 0.3) is 0 Å². The van der Waals surface area contributed by atoms with Crippen molar-refractivity contribution in [2.75, 3.05) is 32.7 Å². The third-order valence-corrected chi connectivity index (χ3v) is 3.05. The quantitative estimate of drug-likeness (QED) is 0.783. The van der Waals surface area contributed by atoms with Crippen molar-refractivity contribution in [2.24, 2.45) is 5.73 Å². The third-order valence-electron chi connectivity index (χ3n) is 3.05. The van der Waals surface area contributed by atoms with Gasteiger partial charge in [0.05, 0.1) is 19.3 Å². The van der Waals surface area contributed by atoms with E-state index in [0.29, 0.717) is 13.2 Å². The van der Waals surface area contributed by atoms with Gasteiger partial charge < -0.3 is 20.5 Å². The van der Waals surface area contributed by atoms with Gasteiger partial charge in [-0.25, -0.2) is 4.39 Å². The molecule has 5 heteroatoms. The summed E-state index contributed by atoms with van der Waals surface area (Å²) in [5.41, 5.74) is 6.22. The molecule has 0 fully saturated rings. The van der Waals surface area contributed by atoms with Gasteiger partial charge in [-0.05, 0) is 18.6 Å². The molecule has 0 aliphatic carbocycles. The maximum Gasteiger partial charge on any atom is 0.165 e. The molecule has 3 N–H and O–H groups in total. The smallest absolute Gasteiger partial charge is 0.165 e. The number of nitrogens with two attached hydrogens (primary N) is 1. The second-order valence-corrected chi connectivity index (χ2v) is 4.25. The minimum atomic E-state index is -0.385. The largest absolute Gasteiger partial charge is 0.494 e. The average Bonchev–Trinajstić information content (AvgIpc) is 2.40. The number of hydrogen-bond donors (Lipinski definition) is 2. The highest BCUT2D eigenvalue weighted by atomic mass is 19.1. The number of ether oxygens (including phenoxy) is 2. The van der Waals surface area contributed by atoms with Crippen molar-refractivity contribution >= 4 is 5.69 Å². The molecule has 0 amide bonds. The van der Waals surface area contributed by atoms with Crippen LogP contribution < -0.4 is 15.8 Å². The normalized spacial score (nSPS) is 14.1. The molecule has 1 atom stereocenters. The van der Waals surface area contributed by atoms with E-state index in [0.717, 1.165) is 12.1 Å². The number of benzene rings is 1. The lowest BCUT2D eigenvalue weighted by molar-refractivity contribution is 0.143. The molecule has 102 valence electrons. The molecule has 0 aromatic heterocycles. The monoisotopic (exact) mass is 256 g/mol. The lowest BCUT2D eigenvalue weighted by atomic mass is 9.97. The summed E-state index contributed by atoms with van der Waals surface area (Å²) in [5.74, 6) is -0.177. The highest BCUT2D eigenvalue weighted by Gasteiger charge is 2.26. The van der Waals surface area contributed by atoms with Crippen LogP contribution in [0.4, 0.5) is 10.1 Å². The molecule has 0 heterocycles. The minimum Gasteiger partial charge on any atom is -0.494 e. The van der Waals surface area contributed by atoms with Gasteiger partial charge in [-0.15, -0.1) is 0 Å². The van der Waals surface area contributed by atoms with Gasteiger partial charge in [-0.3, -0.25) is 0 Å². The van der Waals surface area contributed by atoms with E-state index in [9.17, 15) is 4.39 Å². The second kappa shape index (κ2) is 6.56. The highest BCUT2D eigenvalue weighted by Crippen LogP contribution is 2.25. The summed E-state index contributed by atoms with van der Waals surface area (Å²) < 4.78 is 23.5. The fourth-order valence-corrected chi connectivity index (χ4v) is 1.80. The zero-order valence-electron chi connectivity index (χ0n) is 11.1. The van der Waals surface area contributed by atoms with Gasteiger partial charge in [0.1, 0.15) is 0 Å². The van der Waals surface area contributed by atoms with E-state index in [-0.39, 0.29) is 17.1 Å². The van der Waals surface area contributed by atoms with Crippen LogP contribution in [0, 0.1) is 5.82 Å². The van der Waals surface area contributed by atoms with Gasteiger partial charge in [0, 0.05) is 25.4 Å². The van der Waals surface area contributed by atoms with Crippen LogP contribution in [0.5, 0.6) is 5.75 Å². The molecule has 18 heavy (non-hydrogen) atoms. The Hall–Kier alpha value is -1.33. The summed E-state index contributed by atoms with van der Waals surface area (Å²) >= 11 is 0. The molecular weight excluding hydrogens is 235 g/mol. The average molecular weight is 256 g/mol. The predicted molar refractivity (Wildman–Crippen MR) is 70.5 cm³/mol. The molecule has 0 aliphatic heterocycles. The maximum absolute atomic E-state index is 13.3. The zero-order chi connectivity index (χ0) is 13.6. The first-order chi connectivity index (χ1) is 8.60. The number of halogens is 1. The van der Waals surface area contributed by atoms with E-state index in [1.807, 2.05) is 6.92 Å². The first kappa shape index (κ1) is 14.7. The molecule has 0 saturated heterocycles. The summed E-state index contributed by atoms with van der Waals surface area (Å²) in [7, 11) is 3.07. The van der Waals surface area contributed by atoms with E-state index in [1.54, 1.807) is 19.2 Å². The van der Waals surface area contributed by atoms with E-state index in [4.69, 9.17) is 15.2 Å². The number of methoxy groups -OCH3 is 2. The summed E-state index contributed by atoms with van der Waals surface area (Å²) in [6, 6.07) is 4.64. The first-order valence-corrected chi connectivity index (χ1v) is 5.91. The van der Waals surface area contributed by atoms with Crippen molar-refractivity contribution < 1.29 is 13.9 Å². The number of rotatable bonds is 7. The number of nitrogens with one attached hydrogen (secondary N) is 1. The van der Waals surface area contributed by atoms with Crippen LogP contribution in [0.1, 0.15) is 13.3 Å². The van der Waals surface area contributed by atoms with Gasteiger partial charge in [0.25, 0.3) is 0 Å². The van der Waals surface area contributed by atoms with E-state index in [2.05, 4.69) is 5.32 Å². The highest BCUT2D eigenvalue weighted by molar-refractivity contribution is 5.50. The van der Waals surface area contributed by atoms with Gasteiger partial charge in [0.2, 0.25) is 0 Å². The summed E-state index contributed by atoms with van der Waals surface area (Å²) in [5, 5.41) is 3.30. The molecular formula is C13H21FN2O2. The van der Waals surface area contributed by atoms with Crippen molar-refractivity contribution in [1.29, 1.82) is 0 Å². The standard InChI is InChI=1S/C13H21FN2O2/c1-4-13(8-15,9-17-2)16-10-5-6-11(14)12(7-10)18-3/h5-7,16H,4,8-9,15H2,1-3H3. The van der Waals surface area contributed by atoms with Gasteiger partial charge in [-0.2, -0.15) is 0 Å². The fourth-order valence-electron chi connectivity index (χ4n) is 1.80. The second-order valence-electron chi connectivity index (χ2n) is 4.25. The van der Waals surface area contributed by atoms with Crippen LogP contribution in [-0.4, -0.2) is 32.9 Å². The van der Waals surface area contributed by atoms with Crippen LogP contribution in [0.15, 0.2) is 18.2 Å². The van der Waals surface area contributed by atoms with Crippen molar-refractivity contribution in [3.63, 3.8) is 0 Å². The van der Waals surface area contributed by atoms with E-state index in [1.165, 1.54) is 13.2 Å². The van der Waals surface area contributed by atoms with Crippen molar-refractivity contribution in [2.45, 2.75) is 18.9 Å². The van der Waals surface area contributed by atoms with Crippen LogP contribution in [0.2, 0.25) is 0 Å². The molecule has 1 aromatic rings. The Bertz CT molecular complexity index is 381. The molecule has 4 nitrogen and oxygen atoms in total. The first-order valence-electron chi connectivity index (χ1n) is 5.91. The summed E-state index contributed by atoms with van der Waals surface area (Å²) in [4.78, 5) is 0. The Morgan fingerprint density at radius 3 is 2.61 bits per heavy atom. The SMILES string of the molecule is CCC(CN)(COC)Nc1ccc(F)c(OC)c1. The van der Waals surface area contributed by atoms with Crippen molar-refractivity contribution in [3.05, 3.63) is 24.0 Å². The van der Waals surface area contributed by atoms with Crippen LogP contribution in [-0.2, 0) is 4.74 Å². The Morgan fingerprint density at radius 2 is 2.11 bits per heavy atom. The fraction of sp³-hybridized carbons (Fsp3) is 0.538. The summed E-state index contributed by atoms with van der Waals surface area (Å²) in [6.07, 6.45) is 0.803. The molecule has 0 spiro atoms. The molecule has 1 rings (SSSR count). The molecule has 0 radical (unpaired) electrons. The van der Waals surface area contributed by atoms with E-state index >= 15 is 0 Å². The maximum atomic E-state index is 13.3. The lowest BCUT2D eigenvalue weighted by Crippen LogP contribution is -2.48. The molecule has 0 aliphatic rings. The van der Waals surface area contributed by atoms with Crippen molar-refractivity contribution in [3.8, 4) is 5.75 Å². The third kappa shape index (κ3) is 3.34. The Labute approximate surface area is 107 Å². The van der Waals surface area contributed by atoms with Crippen molar-refractivity contribution in [1.82, 2.24) is 0 Å². The zero-order valence-corrected chi connectivity index (χ0v) is 11.1. The lowest BCUT2D eigenvalue weighted by Gasteiger charge is -2.33. The molecule has 1 aromatic carbocycles. The van der Waals surface area contributed by atoms with E-state index < -0.39 is 0 Å². The van der Waals surface area contributed by atoms with Gasteiger partial charge in [-0.1, -0.05) is 6.92 Å². The van der Waals surface area contributed by atoms with Gasteiger partial charge >= 0.3 is 0 Å². The molecule has 1 unspecified atom stereocenters. The topological polar surface area (TPSA) is 56.5 Å². The van der Waals surface area contributed by atoms with Crippen LogP contribution in [0.3, 0.4) is 0 Å². The summed E-state index contributed by atoms with van der Waals surface area (Å²) in [6.45, 7) is 2.94.